The Balaban J connectivity index is 1.38. The number of methoxy groups -OCH3 is 1. The molecule has 3 aromatic rings. The Morgan fingerprint density at radius 2 is 1.85 bits per heavy atom. The number of amides is 2. The summed E-state index contributed by atoms with van der Waals surface area (Å²) in [5, 5.41) is 21.1. The van der Waals surface area contributed by atoms with Crippen LogP contribution in [-0.4, -0.2) is 49.9 Å². The summed E-state index contributed by atoms with van der Waals surface area (Å²) in [5.74, 6) is 0.825. The van der Waals surface area contributed by atoms with Gasteiger partial charge in [0.25, 0.3) is 0 Å². The van der Waals surface area contributed by atoms with Crippen molar-refractivity contribution in [2.45, 2.75) is 39.1 Å². The first-order valence-corrected chi connectivity index (χ1v) is 15.4. The molecule has 2 atom stereocenters. The molecule has 13 heteroatoms. The molecule has 1 aliphatic rings. The van der Waals surface area contributed by atoms with Crippen LogP contribution in [0.3, 0.4) is 0 Å². The maximum Gasteiger partial charge on any atom is 0.337 e. The number of carbonyl (C=O) groups is 2. The smallest absolute Gasteiger partial charge is 0.337 e. The molecule has 1 heterocycles. The summed E-state index contributed by atoms with van der Waals surface area (Å²) in [7, 11) is 1.27. The van der Waals surface area contributed by atoms with Gasteiger partial charge in [0.1, 0.15) is 19.0 Å². The van der Waals surface area contributed by atoms with Crippen molar-refractivity contribution in [2.75, 3.05) is 20.3 Å². The van der Waals surface area contributed by atoms with Gasteiger partial charge >= 0.3 is 12.0 Å². The monoisotopic (exact) mass is 682 g/mol. The molecule has 0 aromatic heterocycles. The molecule has 4 N–H and O–H groups in total. The van der Waals surface area contributed by atoms with E-state index in [0.29, 0.717) is 51.6 Å². The minimum absolute atomic E-state index is 0.158. The number of nitrogens with one attached hydrogen (secondary N) is 3. The fourth-order valence-corrected chi connectivity index (χ4v) is 5.21. The van der Waals surface area contributed by atoms with E-state index in [2.05, 4.69) is 27.7 Å². The van der Waals surface area contributed by atoms with Crippen LogP contribution in [0, 0.1) is 0 Å². The van der Waals surface area contributed by atoms with E-state index in [1.807, 2.05) is 31.2 Å². The highest BCUT2D eigenvalue weighted by Gasteiger charge is 2.32. The quantitative estimate of drug-likeness (QED) is 0.0517. The minimum atomic E-state index is -1.15. The van der Waals surface area contributed by atoms with Crippen LogP contribution in [0.2, 0.25) is 10.0 Å². The second-order valence-electron chi connectivity index (χ2n) is 10.3. The van der Waals surface area contributed by atoms with Gasteiger partial charge in [-0.1, -0.05) is 41.4 Å². The van der Waals surface area contributed by atoms with Crippen molar-refractivity contribution in [1.82, 2.24) is 16.1 Å². The van der Waals surface area contributed by atoms with Crippen molar-refractivity contribution in [3.8, 4) is 17.2 Å². The Hall–Kier alpha value is -4.71. The van der Waals surface area contributed by atoms with Crippen molar-refractivity contribution in [3.63, 3.8) is 0 Å². The van der Waals surface area contributed by atoms with Gasteiger partial charge in [-0.2, -0.15) is 5.10 Å². The predicted molar refractivity (Wildman–Crippen MR) is 180 cm³/mol. The number of hydrogen-bond donors (Lipinski definition) is 4. The molecule has 47 heavy (non-hydrogen) atoms. The molecule has 0 aliphatic carbocycles. The average Bonchev–Trinajstić information content (AvgIpc) is 3.04. The second kappa shape index (κ2) is 16.7. The first-order valence-electron chi connectivity index (χ1n) is 14.7. The minimum Gasteiger partial charge on any atom is -0.490 e. The Bertz CT molecular complexity index is 1680. The number of ether oxygens (including phenoxy) is 4. The number of nitrogens with zero attached hydrogens (tertiary/aromatic N) is 1. The van der Waals surface area contributed by atoms with Gasteiger partial charge < -0.3 is 34.7 Å². The molecule has 0 bridgehead atoms. The highest BCUT2D eigenvalue weighted by Crippen LogP contribution is 2.35. The molecule has 0 fully saturated rings. The van der Waals surface area contributed by atoms with Crippen LogP contribution >= 0.6 is 23.2 Å². The molecule has 2 amide bonds. The maximum absolute atomic E-state index is 12.5. The Kier molecular flexibility index (Phi) is 12.5. The number of urea groups is 1. The van der Waals surface area contributed by atoms with Gasteiger partial charge in [-0.25, -0.2) is 9.59 Å². The molecule has 0 saturated carbocycles. The number of benzene rings is 3. The van der Waals surface area contributed by atoms with Gasteiger partial charge in [-0.05, 0) is 79.4 Å². The number of aliphatic hydroxyl groups excluding tert-OH is 1. The number of hydrazone groups is 1. The Morgan fingerprint density at radius 3 is 2.57 bits per heavy atom. The SMILES string of the molecule is C=CCc1cc(/C=N\N[C@@H](O)COc2ccc([C@@H]3NC(=O)NC(C)=C3C(=O)OC)cc2OCC)ccc1OCc1ccc(Cl)cc1Cl. The zero-order valence-corrected chi connectivity index (χ0v) is 27.7. The molecule has 0 unspecified atom stereocenters. The van der Waals surface area contributed by atoms with Gasteiger partial charge in [0.15, 0.2) is 17.7 Å². The van der Waals surface area contributed by atoms with E-state index in [0.717, 1.165) is 16.7 Å². The Labute approximate surface area is 283 Å². The topological polar surface area (TPSA) is 140 Å². The maximum atomic E-state index is 12.5. The molecule has 4 rings (SSSR count). The van der Waals surface area contributed by atoms with E-state index in [9.17, 15) is 14.7 Å². The van der Waals surface area contributed by atoms with Gasteiger partial charge in [-0.15, -0.1) is 6.58 Å². The van der Waals surface area contributed by atoms with Crippen LogP contribution in [0.5, 0.6) is 17.2 Å². The molecule has 0 radical (unpaired) electrons. The summed E-state index contributed by atoms with van der Waals surface area (Å²) in [4.78, 5) is 24.6. The van der Waals surface area contributed by atoms with Gasteiger partial charge in [0.05, 0.1) is 31.5 Å². The van der Waals surface area contributed by atoms with Crippen LogP contribution in [-0.2, 0) is 22.6 Å². The van der Waals surface area contributed by atoms with E-state index in [-0.39, 0.29) is 18.8 Å². The number of hydrogen-bond acceptors (Lipinski definition) is 9. The van der Waals surface area contributed by atoms with Crippen LogP contribution in [0.1, 0.15) is 42.1 Å². The molecule has 248 valence electrons. The lowest BCUT2D eigenvalue weighted by molar-refractivity contribution is -0.136. The second-order valence-corrected chi connectivity index (χ2v) is 11.1. The number of allylic oxidation sites excluding steroid dienone is 2. The van der Waals surface area contributed by atoms with Gasteiger partial charge in [0, 0.05) is 21.3 Å². The largest absolute Gasteiger partial charge is 0.490 e. The summed E-state index contributed by atoms with van der Waals surface area (Å²) < 4.78 is 22.5. The standard InChI is InChI=1S/C34H36Cl2N4O7/c1-5-7-22-14-21(8-12-27(22)46-18-24-9-11-25(35)16-26(24)36)17-37-40-30(41)19-47-28-13-10-23(15-29(28)45-6-2)32-31(33(42)44-4)20(3)38-34(43)39-32/h5,8-17,30,32,40-41H,1,6-7,18-19H2,2-4H3,(H2,38,39,43)/b37-17-/t30-,32-/m0/s1. The van der Waals surface area contributed by atoms with Gasteiger partial charge in [-0.3, -0.25) is 5.43 Å². The molecular weight excluding hydrogens is 647 g/mol. The summed E-state index contributed by atoms with van der Waals surface area (Å²) >= 11 is 12.3. The lowest BCUT2D eigenvalue weighted by atomic mass is 9.95. The van der Waals surface area contributed by atoms with Crippen LogP contribution < -0.4 is 30.3 Å². The average molecular weight is 684 g/mol. The third-order valence-electron chi connectivity index (χ3n) is 6.96. The molecule has 0 saturated heterocycles. The third kappa shape index (κ3) is 9.41. The molecule has 0 spiro atoms. The van der Waals surface area contributed by atoms with Crippen molar-refractivity contribution < 1.29 is 33.6 Å². The van der Waals surface area contributed by atoms with Crippen LogP contribution in [0.25, 0.3) is 0 Å². The predicted octanol–water partition coefficient (Wildman–Crippen LogP) is 5.82. The third-order valence-corrected chi connectivity index (χ3v) is 7.54. The summed E-state index contributed by atoms with van der Waals surface area (Å²) in [6.07, 6.45) is 2.76. The van der Waals surface area contributed by atoms with Crippen molar-refractivity contribution in [1.29, 1.82) is 0 Å². The van der Waals surface area contributed by atoms with E-state index < -0.39 is 24.3 Å². The highest BCUT2D eigenvalue weighted by molar-refractivity contribution is 6.35. The highest BCUT2D eigenvalue weighted by atomic mass is 35.5. The zero-order valence-electron chi connectivity index (χ0n) is 26.1. The van der Waals surface area contributed by atoms with Crippen LogP contribution in [0.15, 0.2) is 83.6 Å². The van der Waals surface area contributed by atoms with E-state index in [4.69, 9.17) is 42.1 Å². The fraction of sp³-hybridized carbons (Fsp3) is 0.265. The number of rotatable bonds is 15. The first kappa shape index (κ1) is 35.1. The lowest BCUT2D eigenvalue weighted by Crippen LogP contribution is -2.45. The lowest BCUT2D eigenvalue weighted by Gasteiger charge is -2.28. The van der Waals surface area contributed by atoms with E-state index in [1.165, 1.54) is 7.11 Å². The van der Waals surface area contributed by atoms with E-state index >= 15 is 0 Å². The van der Waals surface area contributed by atoms with E-state index in [1.54, 1.807) is 49.5 Å². The zero-order chi connectivity index (χ0) is 33.9. The first-order chi connectivity index (χ1) is 22.6. The van der Waals surface area contributed by atoms with Crippen molar-refractivity contribution >= 4 is 41.4 Å². The molecular formula is C34H36Cl2N4O7. The van der Waals surface area contributed by atoms with Gasteiger partial charge in [0.2, 0.25) is 0 Å². The number of carbonyl (C=O) groups excluding carboxylic acids is 2. The fourth-order valence-electron chi connectivity index (χ4n) is 4.75. The van der Waals surface area contributed by atoms with Crippen LogP contribution in [0.4, 0.5) is 4.79 Å². The summed E-state index contributed by atoms with van der Waals surface area (Å²) in [5.41, 5.74) is 6.37. The number of aliphatic hydroxyl groups is 1. The van der Waals surface area contributed by atoms with Crippen molar-refractivity contribution in [2.24, 2.45) is 5.10 Å². The molecule has 3 aromatic carbocycles. The number of esters is 1. The van der Waals surface area contributed by atoms with Crippen molar-refractivity contribution in [3.05, 3.63) is 111 Å². The number of halogens is 2. The summed E-state index contributed by atoms with van der Waals surface area (Å²) in [6, 6.07) is 14.6. The molecule has 11 nitrogen and oxygen atoms in total. The normalized spacial score (nSPS) is 15.0. The summed E-state index contributed by atoms with van der Waals surface area (Å²) in [6.45, 7) is 7.71. The molecule has 1 aliphatic heterocycles. The Morgan fingerprint density at radius 1 is 1.06 bits per heavy atom.